The van der Waals surface area contributed by atoms with Crippen LogP contribution in [0.3, 0.4) is 0 Å². The van der Waals surface area contributed by atoms with Crippen LogP contribution in [0.1, 0.15) is 50.2 Å². The molecule has 0 spiro atoms. The molecule has 3 heterocycles. The molecule has 1 fully saturated rings. The van der Waals surface area contributed by atoms with Crippen molar-refractivity contribution in [1.29, 1.82) is 0 Å². The maximum absolute atomic E-state index is 15.0. The monoisotopic (exact) mass is 463 g/mol. The minimum Gasteiger partial charge on any atom is -0.399 e. The van der Waals surface area contributed by atoms with Gasteiger partial charge in [0.2, 0.25) is 0 Å². The Kier molecular flexibility index (Phi) is 5.29. The predicted molar refractivity (Wildman–Crippen MR) is 128 cm³/mol. The second kappa shape index (κ2) is 7.96. The van der Waals surface area contributed by atoms with Gasteiger partial charge in [-0.2, -0.15) is 0 Å². The van der Waals surface area contributed by atoms with Crippen molar-refractivity contribution in [2.75, 3.05) is 5.32 Å². The van der Waals surface area contributed by atoms with Crippen LogP contribution in [0.5, 0.6) is 0 Å². The van der Waals surface area contributed by atoms with Gasteiger partial charge in [-0.1, -0.05) is 24.3 Å². The molecule has 176 valence electrons. The second-order valence-corrected chi connectivity index (χ2v) is 9.78. The fourth-order valence-corrected chi connectivity index (χ4v) is 4.47. The van der Waals surface area contributed by atoms with Gasteiger partial charge in [-0.25, -0.2) is 9.07 Å². The quantitative estimate of drug-likeness (QED) is 0.603. The smallest absolute Gasteiger partial charge is 0.399 e. The number of anilines is 1. The van der Waals surface area contributed by atoms with Crippen molar-refractivity contribution in [3.63, 3.8) is 0 Å². The first-order valence-electron chi connectivity index (χ1n) is 11.5. The van der Waals surface area contributed by atoms with Crippen molar-refractivity contribution in [2.45, 2.75) is 58.3 Å². The SMILES string of the molecule is CC1(C)OB(c2ccc(NC(=O)c3c4n(n(-c5ccccc5)c3=O)CCC4)c(F)c2)OC1(C)C. The summed E-state index contributed by atoms with van der Waals surface area (Å²) in [6.07, 6.45) is 1.45. The fourth-order valence-electron chi connectivity index (χ4n) is 4.47. The Balaban J connectivity index is 1.43. The lowest BCUT2D eigenvalue weighted by Gasteiger charge is -2.32. The second-order valence-electron chi connectivity index (χ2n) is 9.78. The van der Waals surface area contributed by atoms with Crippen molar-refractivity contribution in [3.05, 3.63) is 76.0 Å². The molecule has 0 bridgehead atoms. The molecule has 1 N–H and O–H groups in total. The highest BCUT2D eigenvalue weighted by Crippen LogP contribution is 2.36. The van der Waals surface area contributed by atoms with Crippen molar-refractivity contribution >= 4 is 24.2 Å². The minimum atomic E-state index is -0.711. The number of fused-ring (bicyclic) bond motifs is 1. The van der Waals surface area contributed by atoms with Crippen molar-refractivity contribution in [2.24, 2.45) is 0 Å². The molecule has 0 atom stereocenters. The lowest BCUT2D eigenvalue weighted by molar-refractivity contribution is 0.00578. The van der Waals surface area contributed by atoms with E-state index in [2.05, 4.69) is 5.32 Å². The average Bonchev–Trinajstić information content (AvgIpc) is 3.40. The van der Waals surface area contributed by atoms with Crippen LogP contribution in [0.2, 0.25) is 0 Å². The lowest BCUT2D eigenvalue weighted by atomic mass is 9.79. The van der Waals surface area contributed by atoms with Gasteiger partial charge in [-0.15, -0.1) is 0 Å². The highest BCUT2D eigenvalue weighted by atomic mass is 19.1. The van der Waals surface area contributed by atoms with Gasteiger partial charge in [0.15, 0.2) is 0 Å². The lowest BCUT2D eigenvalue weighted by Crippen LogP contribution is -2.41. The molecule has 5 rings (SSSR count). The Morgan fingerprint density at radius 1 is 1.06 bits per heavy atom. The van der Waals surface area contributed by atoms with Crippen LogP contribution in [0.25, 0.3) is 5.69 Å². The average molecular weight is 463 g/mol. The van der Waals surface area contributed by atoms with Gasteiger partial charge in [-0.05, 0) is 70.3 Å². The Morgan fingerprint density at radius 2 is 1.74 bits per heavy atom. The Morgan fingerprint density at radius 3 is 2.38 bits per heavy atom. The van der Waals surface area contributed by atoms with E-state index in [4.69, 9.17) is 9.31 Å². The number of halogens is 1. The predicted octanol–water partition coefficient (Wildman–Crippen LogP) is 3.28. The molecule has 2 aliphatic heterocycles. The molecule has 1 amide bonds. The highest BCUT2D eigenvalue weighted by molar-refractivity contribution is 6.62. The molecule has 1 aromatic heterocycles. The van der Waals surface area contributed by atoms with Gasteiger partial charge >= 0.3 is 7.12 Å². The standard InChI is InChI=1S/C25H27BFN3O4/c1-24(2)25(3,4)34-26(33-24)16-12-13-19(18(27)15-16)28-22(31)21-20-11-8-14-29(20)30(23(21)32)17-9-6-5-7-10-17/h5-7,9-10,12-13,15H,8,11,14H2,1-4H3,(H,28,31). The van der Waals surface area contributed by atoms with E-state index in [0.29, 0.717) is 29.8 Å². The molecule has 34 heavy (non-hydrogen) atoms. The van der Waals surface area contributed by atoms with Crippen LogP contribution in [-0.2, 0) is 22.3 Å². The first-order chi connectivity index (χ1) is 16.1. The maximum Gasteiger partial charge on any atom is 0.494 e. The minimum absolute atomic E-state index is 0.00567. The number of nitrogens with one attached hydrogen (secondary N) is 1. The number of carbonyl (C=O) groups excluding carboxylic acids is 1. The number of rotatable bonds is 4. The molecule has 2 aliphatic rings. The van der Waals surface area contributed by atoms with Crippen LogP contribution >= 0.6 is 0 Å². The number of aromatic nitrogens is 2. The number of carbonyl (C=O) groups is 1. The molecule has 7 nitrogen and oxygen atoms in total. The van der Waals surface area contributed by atoms with Gasteiger partial charge in [0.05, 0.1) is 28.3 Å². The molecular formula is C25H27BFN3O4. The summed E-state index contributed by atoms with van der Waals surface area (Å²) in [5.74, 6) is -1.24. The maximum atomic E-state index is 15.0. The number of hydrogen-bond donors (Lipinski definition) is 1. The third kappa shape index (κ3) is 3.59. The van der Waals surface area contributed by atoms with Crippen LogP contribution in [0.4, 0.5) is 10.1 Å². The third-order valence-electron chi connectivity index (χ3n) is 7.03. The first kappa shape index (κ1) is 22.6. The van der Waals surface area contributed by atoms with Gasteiger partial charge < -0.3 is 14.6 Å². The number of nitrogens with zero attached hydrogens (tertiary/aromatic N) is 2. The summed E-state index contributed by atoms with van der Waals surface area (Å²) in [4.78, 5) is 26.4. The number of para-hydroxylation sites is 1. The van der Waals surface area contributed by atoms with E-state index in [-0.39, 0.29) is 11.3 Å². The summed E-state index contributed by atoms with van der Waals surface area (Å²) in [7, 11) is -0.711. The highest BCUT2D eigenvalue weighted by Gasteiger charge is 2.51. The molecule has 0 radical (unpaired) electrons. The molecule has 1 saturated heterocycles. The summed E-state index contributed by atoms with van der Waals surface area (Å²) in [6.45, 7) is 8.35. The summed E-state index contributed by atoms with van der Waals surface area (Å²) in [5.41, 5.74) is 0.418. The number of amides is 1. The van der Waals surface area contributed by atoms with E-state index in [0.717, 1.165) is 6.42 Å². The van der Waals surface area contributed by atoms with Gasteiger partial charge in [0, 0.05) is 6.54 Å². The zero-order valence-corrected chi connectivity index (χ0v) is 19.7. The van der Waals surface area contributed by atoms with Crippen LogP contribution in [0.15, 0.2) is 53.3 Å². The van der Waals surface area contributed by atoms with Crippen molar-refractivity contribution in [1.82, 2.24) is 9.36 Å². The molecule has 0 aliphatic carbocycles. The molecule has 0 saturated carbocycles. The summed E-state index contributed by atoms with van der Waals surface area (Å²) in [5, 5.41) is 2.59. The Bertz CT molecular complexity index is 1310. The Labute approximate surface area is 197 Å². The zero-order valence-electron chi connectivity index (χ0n) is 19.7. The van der Waals surface area contributed by atoms with E-state index in [1.54, 1.807) is 6.07 Å². The molecular weight excluding hydrogens is 436 g/mol. The fraction of sp³-hybridized carbons (Fsp3) is 0.360. The van der Waals surface area contributed by atoms with E-state index in [1.807, 2.05) is 62.7 Å². The summed E-state index contributed by atoms with van der Waals surface area (Å²) in [6, 6.07) is 13.6. The van der Waals surface area contributed by atoms with Crippen molar-refractivity contribution in [3.8, 4) is 5.69 Å². The molecule has 0 unspecified atom stereocenters. The summed E-state index contributed by atoms with van der Waals surface area (Å²) < 4.78 is 30.3. The van der Waals surface area contributed by atoms with Gasteiger partial charge in [-0.3, -0.25) is 14.3 Å². The van der Waals surface area contributed by atoms with Gasteiger partial charge in [0.25, 0.3) is 11.5 Å². The van der Waals surface area contributed by atoms with E-state index >= 15 is 0 Å². The topological polar surface area (TPSA) is 74.5 Å². The molecule has 2 aromatic carbocycles. The summed E-state index contributed by atoms with van der Waals surface area (Å²) >= 11 is 0. The third-order valence-corrected chi connectivity index (χ3v) is 7.03. The van der Waals surface area contributed by atoms with Gasteiger partial charge in [0.1, 0.15) is 11.4 Å². The number of benzene rings is 2. The zero-order chi connectivity index (χ0) is 24.3. The first-order valence-corrected chi connectivity index (χ1v) is 11.5. The van der Waals surface area contributed by atoms with E-state index in [9.17, 15) is 14.0 Å². The van der Waals surface area contributed by atoms with Crippen LogP contribution in [0, 0.1) is 5.82 Å². The number of hydrogen-bond acceptors (Lipinski definition) is 4. The Hall–Kier alpha value is -3.17. The normalized spacial score (nSPS) is 18.2. The van der Waals surface area contributed by atoms with E-state index < -0.39 is 35.6 Å². The van der Waals surface area contributed by atoms with Crippen LogP contribution < -0.4 is 16.3 Å². The van der Waals surface area contributed by atoms with Crippen LogP contribution in [-0.4, -0.2) is 33.6 Å². The largest absolute Gasteiger partial charge is 0.494 e. The molecule has 3 aromatic rings. The van der Waals surface area contributed by atoms with E-state index in [1.165, 1.54) is 16.8 Å². The molecule has 9 heteroatoms. The van der Waals surface area contributed by atoms with Crippen molar-refractivity contribution < 1.29 is 18.5 Å².